The molecule has 0 amide bonds. The van der Waals surface area contributed by atoms with Gasteiger partial charge in [0.2, 0.25) is 0 Å². The third-order valence-electron chi connectivity index (χ3n) is 1.87. The van der Waals surface area contributed by atoms with Gasteiger partial charge in [-0.3, -0.25) is 0 Å². The summed E-state index contributed by atoms with van der Waals surface area (Å²) in [4.78, 5) is 1.14. The first-order chi connectivity index (χ1) is 6.20. The number of nitriles is 1. The summed E-state index contributed by atoms with van der Waals surface area (Å²) in [6.45, 7) is 1.98. The Morgan fingerprint density at radius 2 is 2.15 bits per heavy atom. The molecule has 2 aromatic rings. The number of thiophene rings is 1. The number of hydrogen-bond acceptors (Lipinski definition) is 3. The Hall–Kier alpha value is -1.53. The Morgan fingerprint density at radius 1 is 1.38 bits per heavy atom. The smallest absolute Gasteiger partial charge is 0.125 e. The van der Waals surface area contributed by atoms with Gasteiger partial charge in [0.05, 0.1) is 11.6 Å². The van der Waals surface area contributed by atoms with E-state index in [1.54, 1.807) is 17.4 Å². The van der Waals surface area contributed by atoms with E-state index >= 15 is 0 Å². The lowest BCUT2D eigenvalue weighted by atomic mass is 10.1. The third-order valence-corrected chi connectivity index (χ3v) is 2.87. The molecule has 0 radical (unpaired) electrons. The van der Waals surface area contributed by atoms with E-state index in [2.05, 4.69) is 0 Å². The Balaban J connectivity index is 2.85. The van der Waals surface area contributed by atoms with Gasteiger partial charge in [0.15, 0.2) is 0 Å². The van der Waals surface area contributed by atoms with Crippen LogP contribution in [-0.4, -0.2) is 5.11 Å². The van der Waals surface area contributed by atoms with E-state index in [0.717, 1.165) is 15.0 Å². The molecule has 0 saturated carbocycles. The molecule has 1 N–H and O–H groups in total. The van der Waals surface area contributed by atoms with Gasteiger partial charge in [0.25, 0.3) is 0 Å². The molecule has 1 heterocycles. The number of hydrogen-bond donors (Lipinski definition) is 1. The Kier molecular flexibility index (Phi) is 1.71. The Labute approximate surface area is 79.7 Å². The van der Waals surface area contributed by atoms with Crippen LogP contribution in [0.3, 0.4) is 0 Å². The number of fused-ring (bicyclic) bond motifs is 1. The molecule has 3 heteroatoms. The lowest BCUT2D eigenvalue weighted by Crippen LogP contribution is -1.73. The molecule has 1 aromatic carbocycles. The van der Waals surface area contributed by atoms with Crippen molar-refractivity contribution in [1.82, 2.24) is 0 Å². The number of nitrogens with zero attached hydrogens (tertiary/aromatic N) is 1. The normalized spacial score (nSPS) is 10.2. The van der Waals surface area contributed by atoms with Gasteiger partial charge in [-0.25, -0.2) is 0 Å². The molecule has 0 unspecified atom stereocenters. The van der Waals surface area contributed by atoms with Gasteiger partial charge in [-0.2, -0.15) is 5.26 Å². The fraction of sp³-hybridized carbons (Fsp3) is 0.100. The van der Waals surface area contributed by atoms with Crippen molar-refractivity contribution in [2.75, 3.05) is 0 Å². The van der Waals surface area contributed by atoms with Crippen LogP contribution in [0.5, 0.6) is 5.75 Å². The quantitative estimate of drug-likeness (QED) is 0.692. The van der Waals surface area contributed by atoms with Gasteiger partial charge >= 0.3 is 0 Å². The predicted molar refractivity (Wildman–Crippen MR) is 52.9 cm³/mol. The van der Waals surface area contributed by atoms with E-state index in [0.29, 0.717) is 5.56 Å². The molecule has 0 spiro atoms. The molecule has 13 heavy (non-hydrogen) atoms. The molecule has 0 aliphatic heterocycles. The van der Waals surface area contributed by atoms with E-state index in [1.165, 1.54) is 6.07 Å². The number of aryl methyl sites for hydroxylation is 1. The molecule has 0 bridgehead atoms. The molecule has 0 aliphatic carbocycles. The second-order valence-corrected chi connectivity index (χ2v) is 4.16. The fourth-order valence-electron chi connectivity index (χ4n) is 1.31. The van der Waals surface area contributed by atoms with Gasteiger partial charge in [0, 0.05) is 15.0 Å². The van der Waals surface area contributed by atoms with Crippen LogP contribution in [0.1, 0.15) is 10.4 Å². The van der Waals surface area contributed by atoms with Crippen molar-refractivity contribution < 1.29 is 5.11 Å². The molecule has 2 nitrogen and oxygen atoms in total. The lowest BCUT2D eigenvalue weighted by molar-refractivity contribution is 0.481. The van der Waals surface area contributed by atoms with Crippen LogP contribution in [0.2, 0.25) is 0 Å². The van der Waals surface area contributed by atoms with Crippen molar-refractivity contribution >= 4 is 21.4 Å². The highest BCUT2D eigenvalue weighted by Gasteiger charge is 2.05. The van der Waals surface area contributed by atoms with Crippen LogP contribution in [0, 0.1) is 18.3 Å². The van der Waals surface area contributed by atoms with Crippen molar-refractivity contribution in [2.24, 2.45) is 0 Å². The standard InChI is InChI=1S/C10H7NOS/c1-6-2-8-9(12)3-7(5-11)4-10(8)13-6/h2-4,12H,1H3. The highest BCUT2D eigenvalue weighted by molar-refractivity contribution is 7.19. The first-order valence-electron chi connectivity index (χ1n) is 3.84. The van der Waals surface area contributed by atoms with Gasteiger partial charge < -0.3 is 5.11 Å². The molecule has 1 aromatic heterocycles. The number of aromatic hydroxyl groups is 1. The second kappa shape index (κ2) is 2.75. The largest absolute Gasteiger partial charge is 0.507 e. The first-order valence-corrected chi connectivity index (χ1v) is 4.65. The average molecular weight is 189 g/mol. The Bertz CT molecular complexity index is 507. The molecular weight excluding hydrogens is 182 g/mol. The predicted octanol–water partition coefficient (Wildman–Crippen LogP) is 2.79. The number of phenolic OH excluding ortho intramolecular Hbond substituents is 1. The molecule has 0 atom stereocenters. The molecule has 0 fully saturated rings. The first kappa shape index (κ1) is 8.09. The summed E-state index contributed by atoms with van der Waals surface area (Å²) in [5, 5.41) is 19.1. The average Bonchev–Trinajstić information content (AvgIpc) is 2.46. The fourth-order valence-corrected chi connectivity index (χ4v) is 2.30. The van der Waals surface area contributed by atoms with Crippen molar-refractivity contribution in [2.45, 2.75) is 6.92 Å². The summed E-state index contributed by atoms with van der Waals surface area (Å²) in [6, 6.07) is 7.24. The van der Waals surface area contributed by atoms with E-state index in [1.807, 2.05) is 19.1 Å². The SMILES string of the molecule is Cc1cc2c(O)cc(C#N)cc2s1. The number of rotatable bonds is 0. The van der Waals surface area contributed by atoms with Crippen molar-refractivity contribution in [1.29, 1.82) is 5.26 Å². The number of phenols is 1. The van der Waals surface area contributed by atoms with Crippen LogP contribution in [0.25, 0.3) is 10.1 Å². The zero-order valence-corrected chi connectivity index (χ0v) is 7.85. The maximum Gasteiger partial charge on any atom is 0.125 e. The molecule has 64 valence electrons. The summed E-state index contributed by atoms with van der Waals surface area (Å²) in [7, 11) is 0. The minimum atomic E-state index is 0.193. The van der Waals surface area contributed by atoms with Gasteiger partial charge in [-0.15, -0.1) is 11.3 Å². The zero-order valence-electron chi connectivity index (χ0n) is 7.03. The molecular formula is C10H7NOS. The van der Waals surface area contributed by atoms with Crippen molar-refractivity contribution in [3.05, 3.63) is 28.6 Å². The molecule has 0 aliphatic rings. The molecule has 2 rings (SSSR count). The summed E-state index contributed by atoms with van der Waals surface area (Å²) in [5.41, 5.74) is 0.506. The maximum atomic E-state index is 9.55. The summed E-state index contributed by atoms with van der Waals surface area (Å²) < 4.78 is 0.967. The third kappa shape index (κ3) is 1.25. The summed E-state index contributed by atoms with van der Waals surface area (Å²) in [6.07, 6.45) is 0. The maximum absolute atomic E-state index is 9.55. The van der Waals surface area contributed by atoms with Crippen LogP contribution in [0.15, 0.2) is 18.2 Å². The minimum Gasteiger partial charge on any atom is -0.507 e. The lowest BCUT2D eigenvalue weighted by Gasteiger charge is -1.94. The van der Waals surface area contributed by atoms with E-state index in [4.69, 9.17) is 5.26 Å². The molecule has 0 saturated heterocycles. The highest BCUT2D eigenvalue weighted by Crippen LogP contribution is 2.32. The second-order valence-electron chi connectivity index (χ2n) is 2.88. The zero-order chi connectivity index (χ0) is 9.42. The number of benzene rings is 1. The van der Waals surface area contributed by atoms with E-state index in [-0.39, 0.29) is 5.75 Å². The van der Waals surface area contributed by atoms with Crippen molar-refractivity contribution in [3.8, 4) is 11.8 Å². The summed E-state index contributed by atoms with van der Waals surface area (Å²) >= 11 is 1.58. The van der Waals surface area contributed by atoms with Crippen molar-refractivity contribution in [3.63, 3.8) is 0 Å². The van der Waals surface area contributed by atoms with Gasteiger partial charge in [-0.05, 0) is 25.1 Å². The van der Waals surface area contributed by atoms with Gasteiger partial charge in [0.1, 0.15) is 5.75 Å². The topological polar surface area (TPSA) is 44.0 Å². The van der Waals surface area contributed by atoms with E-state index in [9.17, 15) is 5.11 Å². The van der Waals surface area contributed by atoms with Crippen LogP contribution in [0.4, 0.5) is 0 Å². The highest BCUT2D eigenvalue weighted by atomic mass is 32.1. The van der Waals surface area contributed by atoms with Crippen LogP contribution < -0.4 is 0 Å². The van der Waals surface area contributed by atoms with Crippen LogP contribution in [-0.2, 0) is 0 Å². The summed E-state index contributed by atoms with van der Waals surface area (Å²) in [5.74, 6) is 0.193. The monoisotopic (exact) mass is 189 g/mol. The van der Waals surface area contributed by atoms with Crippen LogP contribution >= 0.6 is 11.3 Å². The minimum absolute atomic E-state index is 0.193. The van der Waals surface area contributed by atoms with E-state index < -0.39 is 0 Å². The Morgan fingerprint density at radius 3 is 2.85 bits per heavy atom. The van der Waals surface area contributed by atoms with Gasteiger partial charge in [-0.1, -0.05) is 0 Å².